The van der Waals surface area contributed by atoms with Crippen molar-refractivity contribution in [2.24, 2.45) is 5.92 Å². The van der Waals surface area contributed by atoms with Gasteiger partial charge in [-0.25, -0.2) is 14.8 Å². The normalized spacial score (nSPS) is 17.5. The van der Waals surface area contributed by atoms with Gasteiger partial charge in [-0.05, 0) is 99.5 Å². The second-order valence-electron chi connectivity index (χ2n) is 16.1. The molecule has 0 aliphatic heterocycles. The highest BCUT2D eigenvalue weighted by Crippen LogP contribution is 2.37. The van der Waals surface area contributed by atoms with Crippen molar-refractivity contribution in [3.05, 3.63) is 93.9 Å². The smallest absolute Gasteiger partial charge is 0.328 e. The van der Waals surface area contributed by atoms with Crippen LogP contribution in [0.4, 0.5) is 0 Å². The maximum absolute atomic E-state index is 13.6. The van der Waals surface area contributed by atoms with Crippen LogP contribution in [-0.2, 0) is 26.2 Å². The van der Waals surface area contributed by atoms with Crippen molar-refractivity contribution < 1.29 is 19.1 Å². The predicted octanol–water partition coefficient (Wildman–Crippen LogP) is 9.04. The number of hydrogen-bond acceptors (Lipinski definition) is 7. The van der Waals surface area contributed by atoms with E-state index < -0.39 is 29.6 Å². The molecule has 1 fully saturated rings. The van der Waals surface area contributed by atoms with Gasteiger partial charge in [-0.3, -0.25) is 9.59 Å². The van der Waals surface area contributed by atoms with Crippen molar-refractivity contribution in [3.8, 4) is 22.5 Å². The zero-order chi connectivity index (χ0) is 37.6. The van der Waals surface area contributed by atoms with Gasteiger partial charge in [0.25, 0.3) is 5.91 Å². The summed E-state index contributed by atoms with van der Waals surface area (Å²) in [6, 6.07) is 18.4. The number of nitrogens with one attached hydrogen (secondary N) is 2. The average molecular weight is 723 g/mol. The number of nitrogens with zero attached hydrogens (tertiary/aromatic N) is 2. The molecule has 0 bridgehead atoms. The van der Waals surface area contributed by atoms with Crippen molar-refractivity contribution in [3.63, 3.8) is 0 Å². The monoisotopic (exact) mass is 722 g/mol. The summed E-state index contributed by atoms with van der Waals surface area (Å²) in [5.41, 5.74) is 4.35. The van der Waals surface area contributed by atoms with Crippen molar-refractivity contribution in [1.29, 1.82) is 0 Å². The molecule has 5 rings (SSSR count). The van der Waals surface area contributed by atoms with Crippen molar-refractivity contribution >= 4 is 29.1 Å². The van der Waals surface area contributed by atoms with E-state index in [2.05, 4.69) is 72.6 Å². The van der Waals surface area contributed by atoms with E-state index in [0.29, 0.717) is 16.6 Å². The summed E-state index contributed by atoms with van der Waals surface area (Å²) in [5, 5.41) is 5.66. The van der Waals surface area contributed by atoms with Crippen LogP contribution in [0.1, 0.15) is 119 Å². The van der Waals surface area contributed by atoms with Crippen LogP contribution in [0.15, 0.2) is 73.1 Å². The fourth-order valence-electron chi connectivity index (χ4n) is 6.57. The Bertz CT molecular complexity index is 1810. The quantitative estimate of drug-likeness (QED) is 0.150. The van der Waals surface area contributed by atoms with Crippen LogP contribution in [0, 0.1) is 5.92 Å². The molecule has 276 valence electrons. The van der Waals surface area contributed by atoms with Crippen LogP contribution >= 0.6 is 11.3 Å². The third-order valence-corrected chi connectivity index (χ3v) is 11.3. The summed E-state index contributed by atoms with van der Waals surface area (Å²) >= 11 is 1.41. The van der Waals surface area contributed by atoms with E-state index in [1.807, 2.05) is 42.7 Å². The summed E-state index contributed by atoms with van der Waals surface area (Å²) in [5.74, 6) is 0.779. The van der Waals surface area contributed by atoms with Crippen LogP contribution in [0.25, 0.3) is 22.5 Å². The molecule has 8 nitrogen and oxygen atoms in total. The van der Waals surface area contributed by atoms with E-state index in [4.69, 9.17) is 4.74 Å². The van der Waals surface area contributed by atoms with E-state index in [0.717, 1.165) is 33.0 Å². The maximum atomic E-state index is 13.6. The zero-order valence-electron chi connectivity index (χ0n) is 31.9. The summed E-state index contributed by atoms with van der Waals surface area (Å²) < 4.78 is 5.45. The van der Waals surface area contributed by atoms with Crippen molar-refractivity contribution in [2.45, 2.75) is 123 Å². The molecule has 2 heterocycles. The molecule has 4 aromatic rings. The minimum atomic E-state index is -0.934. The molecule has 2 atom stereocenters. The fourth-order valence-corrected chi connectivity index (χ4v) is 7.54. The Balaban J connectivity index is 1.26. The van der Waals surface area contributed by atoms with Gasteiger partial charge in [0.1, 0.15) is 17.7 Å². The molecular weight excluding hydrogens is 669 g/mol. The summed E-state index contributed by atoms with van der Waals surface area (Å²) in [7, 11) is 0. The lowest BCUT2D eigenvalue weighted by Gasteiger charge is -2.28. The third-order valence-electron chi connectivity index (χ3n) is 9.75. The summed E-state index contributed by atoms with van der Waals surface area (Å²) in [4.78, 5) is 50.5. The van der Waals surface area contributed by atoms with Crippen LogP contribution in [-0.4, -0.2) is 45.4 Å². The van der Waals surface area contributed by atoms with E-state index in [1.165, 1.54) is 49.0 Å². The molecule has 2 aromatic carbocycles. The number of carbonyl (C=O) groups is 3. The first-order valence-corrected chi connectivity index (χ1v) is 19.4. The molecule has 52 heavy (non-hydrogen) atoms. The Kier molecular flexibility index (Phi) is 12.4. The van der Waals surface area contributed by atoms with Gasteiger partial charge < -0.3 is 15.4 Å². The predicted molar refractivity (Wildman–Crippen MR) is 209 cm³/mol. The SMILES string of the molecule is CCC1CCC(c2ccc(-c3cnc(-c4ccc(CC(NC(=O)c5ccc(C(C)(C)C)s5)C(=O)NC(C)C(=O)OC(C)(C)C)cc4)nc3)cc2)CC1. The van der Waals surface area contributed by atoms with E-state index in [1.54, 1.807) is 33.8 Å². The second kappa shape index (κ2) is 16.5. The lowest BCUT2D eigenvalue weighted by atomic mass is 9.78. The van der Waals surface area contributed by atoms with Gasteiger partial charge in [0.2, 0.25) is 5.91 Å². The molecule has 0 saturated heterocycles. The molecule has 2 aromatic heterocycles. The Hall–Kier alpha value is -4.37. The number of ether oxygens (including phenoxy) is 1. The van der Waals surface area contributed by atoms with Crippen LogP contribution in [0.5, 0.6) is 0 Å². The minimum absolute atomic E-state index is 0.104. The second-order valence-corrected chi connectivity index (χ2v) is 17.2. The molecule has 9 heteroatoms. The van der Waals surface area contributed by atoms with E-state index in [-0.39, 0.29) is 17.7 Å². The standard InChI is InChI=1S/C43H54N4O4S/c1-9-28-10-14-30(15-11-28)31-18-20-32(21-19-31)34-25-44-38(45-26-34)33-16-12-29(13-17-33)24-35(39(48)46-27(2)41(50)51-43(6,7)8)47-40(49)36-22-23-37(52-36)42(3,4)5/h12-13,16-23,25-28,30,35H,9-11,14-15,24H2,1-8H3,(H,46,48)(H,47,49). The van der Waals surface area contributed by atoms with Crippen molar-refractivity contribution in [2.75, 3.05) is 0 Å². The first kappa shape index (κ1) is 38.9. The van der Waals surface area contributed by atoms with Gasteiger partial charge in [-0.1, -0.05) is 82.6 Å². The van der Waals surface area contributed by atoms with Gasteiger partial charge in [0.05, 0.1) is 4.88 Å². The lowest BCUT2D eigenvalue weighted by Crippen LogP contribution is -2.52. The number of aromatic nitrogens is 2. The van der Waals surface area contributed by atoms with E-state index in [9.17, 15) is 14.4 Å². The summed E-state index contributed by atoms with van der Waals surface area (Å²) in [6.07, 6.45) is 10.4. The number of hydrogen-bond donors (Lipinski definition) is 2. The van der Waals surface area contributed by atoms with Crippen LogP contribution in [0.3, 0.4) is 0 Å². The highest BCUT2D eigenvalue weighted by molar-refractivity contribution is 7.14. The Morgan fingerprint density at radius 3 is 1.98 bits per heavy atom. The van der Waals surface area contributed by atoms with E-state index >= 15 is 0 Å². The number of thiophene rings is 1. The Labute approximate surface area is 313 Å². The van der Waals surface area contributed by atoms with Gasteiger partial charge in [-0.2, -0.15) is 0 Å². The molecule has 0 spiro atoms. The fraction of sp³-hybridized carbons (Fsp3) is 0.465. The lowest BCUT2D eigenvalue weighted by molar-refractivity contribution is -0.158. The number of rotatable bonds is 11. The Morgan fingerprint density at radius 2 is 1.42 bits per heavy atom. The third kappa shape index (κ3) is 10.4. The first-order chi connectivity index (χ1) is 24.6. The molecule has 1 aliphatic carbocycles. The van der Waals surface area contributed by atoms with Gasteiger partial charge in [0, 0.05) is 34.8 Å². The first-order valence-electron chi connectivity index (χ1n) is 18.6. The molecule has 1 saturated carbocycles. The molecule has 2 amide bonds. The topological polar surface area (TPSA) is 110 Å². The number of carbonyl (C=O) groups excluding carboxylic acids is 3. The zero-order valence-corrected chi connectivity index (χ0v) is 32.7. The summed E-state index contributed by atoms with van der Waals surface area (Å²) in [6.45, 7) is 15.5. The largest absolute Gasteiger partial charge is 0.458 e. The van der Waals surface area contributed by atoms with Gasteiger partial charge in [-0.15, -0.1) is 11.3 Å². The molecular formula is C43H54N4O4S. The Morgan fingerprint density at radius 1 is 0.808 bits per heavy atom. The number of esters is 1. The molecule has 2 unspecified atom stereocenters. The average Bonchev–Trinajstić information content (AvgIpc) is 3.63. The van der Waals surface area contributed by atoms with Gasteiger partial charge in [0.15, 0.2) is 5.82 Å². The highest BCUT2D eigenvalue weighted by atomic mass is 32.1. The number of amides is 2. The molecule has 1 aliphatic rings. The maximum Gasteiger partial charge on any atom is 0.328 e. The highest BCUT2D eigenvalue weighted by Gasteiger charge is 2.29. The minimum Gasteiger partial charge on any atom is -0.458 e. The van der Waals surface area contributed by atoms with Crippen LogP contribution in [0.2, 0.25) is 0 Å². The van der Waals surface area contributed by atoms with Crippen molar-refractivity contribution in [1.82, 2.24) is 20.6 Å². The van der Waals surface area contributed by atoms with Gasteiger partial charge >= 0.3 is 5.97 Å². The molecule has 2 N–H and O–H groups in total. The molecule has 0 radical (unpaired) electrons. The van der Waals surface area contributed by atoms with Crippen LogP contribution < -0.4 is 10.6 Å². The number of benzene rings is 2.